The van der Waals surface area contributed by atoms with Crippen LogP contribution in [-0.4, -0.2) is 31.6 Å². The molecule has 0 bridgehead atoms. The minimum atomic E-state index is 0.403. The zero-order chi connectivity index (χ0) is 14.6. The molecule has 0 heterocycles. The van der Waals surface area contributed by atoms with Crippen molar-refractivity contribution in [1.29, 1.82) is 0 Å². The first-order valence-electron chi connectivity index (χ1n) is 7.29. The van der Waals surface area contributed by atoms with E-state index in [1.54, 1.807) is 0 Å². The lowest BCUT2D eigenvalue weighted by atomic mass is 10.0. The molecule has 0 saturated carbocycles. The first-order valence-corrected chi connectivity index (χ1v) is 7.29. The number of nitrogens with zero attached hydrogens (tertiary/aromatic N) is 1. The van der Waals surface area contributed by atoms with E-state index in [0.29, 0.717) is 18.0 Å². The Kier molecular flexibility index (Phi) is 6.02. The normalized spacial score (nSPS) is 15.0. The van der Waals surface area contributed by atoms with Gasteiger partial charge in [0.1, 0.15) is 0 Å². The third kappa shape index (κ3) is 4.96. The van der Waals surface area contributed by atoms with Gasteiger partial charge in [0.25, 0.3) is 0 Å². The highest BCUT2D eigenvalue weighted by Gasteiger charge is 2.16. The van der Waals surface area contributed by atoms with Crippen LogP contribution in [-0.2, 0) is 0 Å². The van der Waals surface area contributed by atoms with Crippen molar-refractivity contribution in [1.82, 2.24) is 10.2 Å². The summed E-state index contributed by atoms with van der Waals surface area (Å²) in [4.78, 5) is 2.31. The van der Waals surface area contributed by atoms with Gasteiger partial charge >= 0.3 is 0 Å². The van der Waals surface area contributed by atoms with Gasteiger partial charge in [-0.3, -0.25) is 0 Å². The van der Waals surface area contributed by atoms with Crippen molar-refractivity contribution in [2.75, 3.05) is 20.6 Å². The molecule has 0 spiro atoms. The van der Waals surface area contributed by atoms with Gasteiger partial charge in [-0.1, -0.05) is 43.2 Å². The van der Waals surface area contributed by atoms with Crippen molar-refractivity contribution in [2.24, 2.45) is 5.92 Å². The highest BCUT2D eigenvalue weighted by Crippen LogP contribution is 2.17. The second-order valence-electron chi connectivity index (χ2n) is 6.33. The predicted octanol–water partition coefficient (Wildman–Crippen LogP) is 3.54. The summed E-state index contributed by atoms with van der Waals surface area (Å²) in [6.07, 6.45) is 0. The van der Waals surface area contributed by atoms with Gasteiger partial charge in [0.15, 0.2) is 0 Å². The SMILES string of the molecule is Cc1cc(C)cc(C(C)NCC(C(C)C)N(C)C)c1. The minimum Gasteiger partial charge on any atom is -0.309 e. The zero-order valence-corrected chi connectivity index (χ0v) is 13.6. The van der Waals surface area contributed by atoms with Crippen molar-refractivity contribution in [3.8, 4) is 0 Å². The molecule has 0 aromatic heterocycles. The Morgan fingerprint density at radius 2 is 1.53 bits per heavy atom. The van der Waals surface area contributed by atoms with Crippen LogP contribution in [0.4, 0.5) is 0 Å². The summed E-state index contributed by atoms with van der Waals surface area (Å²) in [6.45, 7) is 12.2. The molecular weight excluding hydrogens is 232 g/mol. The molecule has 2 heteroatoms. The van der Waals surface area contributed by atoms with Crippen molar-refractivity contribution in [3.63, 3.8) is 0 Å². The topological polar surface area (TPSA) is 15.3 Å². The van der Waals surface area contributed by atoms with Gasteiger partial charge in [0.05, 0.1) is 0 Å². The molecule has 1 rings (SSSR count). The summed E-state index contributed by atoms with van der Waals surface area (Å²) in [6, 6.07) is 7.77. The lowest BCUT2D eigenvalue weighted by Gasteiger charge is -2.29. The van der Waals surface area contributed by atoms with Crippen LogP contribution in [0.1, 0.15) is 43.5 Å². The van der Waals surface area contributed by atoms with Crippen molar-refractivity contribution in [3.05, 3.63) is 34.9 Å². The Labute approximate surface area is 119 Å². The van der Waals surface area contributed by atoms with Crippen LogP contribution in [0.3, 0.4) is 0 Å². The van der Waals surface area contributed by atoms with Crippen molar-refractivity contribution >= 4 is 0 Å². The van der Waals surface area contributed by atoms with Crippen molar-refractivity contribution in [2.45, 2.75) is 46.7 Å². The number of benzene rings is 1. The van der Waals surface area contributed by atoms with E-state index >= 15 is 0 Å². The molecular formula is C17H30N2. The number of rotatable bonds is 6. The molecule has 0 saturated heterocycles. The third-order valence-electron chi connectivity index (χ3n) is 3.81. The summed E-state index contributed by atoms with van der Waals surface area (Å²) < 4.78 is 0. The smallest absolute Gasteiger partial charge is 0.0292 e. The molecule has 1 aromatic carbocycles. The standard InChI is InChI=1S/C17H30N2/c1-12(2)17(19(6)7)11-18-15(5)16-9-13(3)8-14(4)10-16/h8-10,12,15,17-18H,11H2,1-7H3. The number of hydrogen-bond acceptors (Lipinski definition) is 2. The van der Waals surface area contributed by atoms with E-state index in [1.807, 2.05) is 0 Å². The van der Waals surface area contributed by atoms with E-state index in [9.17, 15) is 0 Å². The third-order valence-corrected chi connectivity index (χ3v) is 3.81. The number of hydrogen-bond donors (Lipinski definition) is 1. The van der Waals surface area contributed by atoms with Crippen LogP contribution in [0, 0.1) is 19.8 Å². The maximum atomic E-state index is 3.67. The van der Waals surface area contributed by atoms with E-state index in [0.717, 1.165) is 6.54 Å². The second kappa shape index (κ2) is 7.06. The summed E-state index contributed by atoms with van der Waals surface area (Å²) in [5.74, 6) is 0.661. The molecule has 2 atom stereocenters. The molecule has 0 amide bonds. The fourth-order valence-electron chi connectivity index (χ4n) is 2.69. The first-order chi connectivity index (χ1) is 8.81. The summed E-state index contributed by atoms with van der Waals surface area (Å²) >= 11 is 0. The summed E-state index contributed by atoms with van der Waals surface area (Å²) in [7, 11) is 4.32. The van der Waals surface area contributed by atoms with Crippen LogP contribution in [0.2, 0.25) is 0 Å². The lowest BCUT2D eigenvalue weighted by Crippen LogP contribution is -2.42. The fourth-order valence-corrected chi connectivity index (χ4v) is 2.69. The highest BCUT2D eigenvalue weighted by molar-refractivity contribution is 5.30. The largest absolute Gasteiger partial charge is 0.309 e. The zero-order valence-electron chi connectivity index (χ0n) is 13.6. The van der Waals surface area contributed by atoms with Gasteiger partial charge < -0.3 is 10.2 Å². The van der Waals surface area contributed by atoms with Crippen molar-refractivity contribution < 1.29 is 0 Å². The van der Waals surface area contributed by atoms with Gasteiger partial charge in [0.2, 0.25) is 0 Å². The average molecular weight is 262 g/mol. The van der Waals surface area contributed by atoms with Gasteiger partial charge in [0, 0.05) is 18.6 Å². The Hall–Kier alpha value is -0.860. The number of nitrogens with one attached hydrogen (secondary N) is 1. The fraction of sp³-hybridized carbons (Fsp3) is 0.647. The van der Waals surface area contributed by atoms with E-state index in [2.05, 4.69) is 77.1 Å². The van der Waals surface area contributed by atoms with Crippen LogP contribution in [0.5, 0.6) is 0 Å². The van der Waals surface area contributed by atoms with Gasteiger partial charge in [-0.25, -0.2) is 0 Å². The van der Waals surface area contributed by atoms with E-state index in [1.165, 1.54) is 16.7 Å². The molecule has 19 heavy (non-hydrogen) atoms. The molecule has 0 aliphatic rings. The Morgan fingerprint density at radius 1 is 1.00 bits per heavy atom. The van der Waals surface area contributed by atoms with Crippen LogP contribution < -0.4 is 5.32 Å². The minimum absolute atomic E-state index is 0.403. The Morgan fingerprint density at radius 3 is 1.95 bits per heavy atom. The Balaban J connectivity index is 2.66. The average Bonchev–Trinajstić information content (AvgIpc) is 2.26. The molecule has 0 aliphatic carbocycles. The van der Waals surface area contributed by atoms with E-state index < -0.39 is 0 Å². The van der Waals surface area contributed by atoms with E-state index in [-0.39, 0.29) is 0 Å². The predicted molar refractivity (Wildman–Crippen MR) is 84.6 cm³/mol. The molecule has 2 unspecified atom stereocenters. The van der Waals surface area contributed by atoms with E-state index in [4.69, 9.17) is 0 Å². The highest BCUT2D eigenvalue weighted by atomic mass is 15.1. The maximum Gasteiger partial charge on any atom is 0.0292 e. The molecule has 0 radical (unpaired) electrons. The van der Waals surface area contributed by atoms with Gasteiger partial charge in [-0.05, 0) is 46.3 Å². The molecule has 2 nitrogen and oxygen atoms in total. The van der Waals surface area contributed by atoms with Crippen LogP contribution in [0.25, 0.3) is 0 Å². The molecule has 0 aliphatic heterocycles. The van der Waals surface area contributed by atoms with Gasteiger partial charge in [-0.15, -0.1) is 0 Å². The molecule has 108 valence electrons. The number of likely N-dealkylation sites (N-methyl/N-ethyl adjacent to an activating group) is 1. The first kappa shape index (κ1) is 16.2. The van der Waals surface area contributed by atoms with Crippen LogP contribution >= 0.6 is 0 Å². The molecule has 1 aromatic rings. The van der Waals surface area contributed by atoms with Gasteiger partial charge in [-0.2, -0.15) is 0 Å². The molecule has 0 fully saturated rings. The number of aryl methyl sites for hydroxylation is 2. The summed E-state index contributed by atoms with van der Waals surface area (Å²) in [5, 5.41) is 3.67. The monoisotopic (exact) mass is 262 g/mol. The lowest BCUT2D eigenvalue weighted by molar-refractivity contribution is 0.220. The summed E-state index contributed by atoms with van der Waals surface area (Å²) in [5.41, 5.74) is 4.08. The second-order valence-corrected chi connectivity index (χ2v) is 6.33. The Bertz CT molecular complexity index is 368. The quantitative estimate of drug-likeness (QED) is 0.843. The maximum absolute atomic E-state index is 3.67. The molecule has 1 N–H and O–H groups in total. The van der Waals surface area contributed by atoms with Crippen LogP contribution in [0.15, 0.2) is 18.2 Å².